The number of amides is 3. The number of ether oxygens (including phenoxy) is 1. The maximum absolute atomic E-state index is 11.0. The minimum absolute atomic E-state index is 0.0580. The third kappa shape index (κ3) is 7.10. The molecule has 0 unspecified atom stereocenters. The Morgan fingerprint density at radius 3 is 2.65 bits per heavy atom. The third-order valence-electron chi connectivity index (χ3n) is 3.38. The molecule has 1 atom stereocenters. The van der Waals surface area contributed by atoms with Crippen LogP contribution in [0.2, 0.25) is 0 Å². The predicted molar refractivity (Wildman–Crippen MR) is 98.0 cm³/mol. The summed E-state index contributed by atoms with van der Waals surface area (Å²) in [5, 5.41) is 16.1. The van der Waals surface area contributed by atoms with Crippen LogP contribution in [0.1, 0.15) is 28.8 Å². The number of carbonyl (C=O) groups excluding carboxylic acids is 2. The maximum Gasteiger partial charge on any atom is 0.340 e. The van der Waals surface area contributed by atoms with Gasteiger partial charge in [0.05, 0.1) is 11.5 Å². The molecule has 1 aromatic rings. The second-order valence-corrected chi connectivity index (χ2v) is 6.21. The Kier molecular flexibility index (Phi) is 9.14. The van der Waals surface area contributed by atoms with Gasteiger partial charge in [-0.1, -0.05) is 11.8 Å². The van der Waals surface area contributed by atoms with Crippen LogP contribution in [0.5, 0.6) is 0 Å². The molecular formula is C16H22N4O5S. The van der Waals surface area contributed by atoms with Crippen LogP contribution in [0.3, 0.4) is 0 Å². The summed E-state index contributed by atoms with van der Waals surface area (Å²) in [5.74, 6) is 4.04. The lowest BCUT2D eigenvalue weighted by Gasteiger charge is -2.18. The number of methoxy groups -OCH3 is 1. The fraction of sp³-hybridized carbons (Fsp3) is 0.438. The summed E-state index contributed by atoms with van der Waals surface area (Å²) in [6.45, 7) is 2.01. The number of primary amides is 2. The zero-order chi connectivity index (χ0) is 19.5. The van der Waals surface area contributed by atoms with Gasteiger partial charge in [0, 0.05) is 19.0 Å². The molecule has 7 N–H and O–H groups in total. The van der Waals surface area contributed by atoms with Crippen LogP contribution >= 0.6 is 11.3 Å². The van der Waals surface area contributed by atoms with Crippen LogP contribution < -0.4 is 22.1 Å². The van der Waals surface area contributed by atoms with E-state index < -0.39 is 12.0 Å². The van der Waals surface area contributed by atoms with Crippen LogP contribution in [0.15, 0.2) is 5.38 Å². The van der Waals surface area contributed by atoms with Crippen molar-refractivity contribution in [2.45, 2.75) is 12.8 Å². The van der Waals surface area contributed by atoms with E-state index in [0.717, 1.165) is 37.3 Å². The van der Waals surface area contributed by atoms with Crippen molar-refractivity contribution in [3.05, 3.63) is 16.5 Å². The van der Waals surface area contributed by atoms with E-state index in [0.29, 0.717) is 5.56 Å². The van der Waals surface area contributed by atoms with Crippen molar-refractivity contribution in [2.24, 2.45) is 17.4 Å². The summed E-state index contributed by atoms with van der Waals surface area (Å²) >= 11 is 1.05. The molecule has 1 aromatic heterocycles. The third-order valence-corrected chi connectivity index (χ3v) is 4.28. The number of hydrogen-bond acceptors (Lipinski definition) is 6. The van der Waals surface area contributed by atoms with E-state index in [4.69, 9.17) is 21.3 Å². The molecule has 10 heteroatoms. The number of rotatable bonds is 4. The quantitative estimate of drug-likeness (QED) is 0.475. The van der Waals surface area contributed by atoms with E-state index >= 15 is 0 Å². The number of hydrogen-bond donors (Lipinski definition) is 5. The van der Waals surface area contributed by atoms with Gasteiger partial charge in [-0.25, -0.2) is 9.59 Å². The molecule has 142 valence electrons. The zero-order valence-corrected chi connectivity index (χ0v) is 15.1. The number of nitrogens with two attached hydrogens (primary N) is 2. The van der Waals surface area contributed by atoms with Gasteiger partial charge in [-0.05, 0) is 19.4 Å². The Bertz CT molecular complexity index is 701. The molecule has 0 radical (unpaired) electrons. The van der Waals surface area contributed by atoms with Crippen molar-refractivity contribution in [1.82, 2.24) is 5.32 Å². The van der Waals surface area contributed by atoms with Gasteiger partial charge in [0.15, 0.2) is 0 Å². The number of carboxylic acids is 1. The topological polar surface area (TPSA) is 157 Å². The van der Waals surface area contributed by atoms with E-state index in [1.807, 2.05) is 0 Å². The number of urea groups is 1. The first kappa shape index (κ1) is 21.4. The van der Waals surface area contributed by atoms with Crippen molar-refractivity contribution in [3.63, 3.8) is 0 Å². The fourth-order valence-corrected chi connectivity index (χ4v) is 3.05. The van der Waals surface area contributed by atoms with Gasteiger partial charge in [-0.2, -0.15) is 0 Å². The van der Waals surface area contributed by atoms with Gasteiger partial charge < -0.3 is 26.6 Å². The van der Waals surface area contributed by atoms with Crippen LogP contribution in [-0.2, 0) is 9.53 Å². The van der Waals surface area contributed by atoms with Crippen molar-refractivity contribution < 1.29 is 24.2 Å². The Balaban J connectivity index is 0.000000314. The molecule has 0 bridgehead atoms. The highest BCUT2D eigenvalue weighted by atomic mass is 32.1. The second-order valence-electron chi connectivity index (χ2n) is 5.33. The zero-order valence-electron chi connectivity index (χ0n) is 14.3. The molecule has 1 aliphatic rings. The minimum Gasteiger partial charge on any atom is -0.478 e. The molecular weight excluding hydrogens is 360 g/mol. The number of nitrogens with one attached hydrogen (secondary N) is 2. The molecule has 0 spiro atoms. The molecule has 2 rings (SSSR count). The number of aromatic carboxylic acids is 1. The van der Waals surface area contributed by atoms with Crippen molar-refractivity contribution in [1.29, 1.82) is 0 Å². The first-order chi connectivity index (χ1) is 12.4. The average molecular weight is 382 g/mol. The standard InChI is InChI=1S/C10H10N2O4S.C6H12N2O/c1-16-4-2-3-6-5-17-8(12-10(11)15)7(6)9(13)14;7-6(9)5-2-1-3-8-4-5/h5H,4H2,1H3,(H,13,14)(H3,11,12,15);5,8H,1-4H2,(H2,7,9)/t;5-/m.0/s1. The first-order valence-corrected chi connectivity index (χ1v) is 8.63. The smallest absolute Gasteiger partial charge is 0.340 e. The number of piperidine rings is 1. The van der Waals surface area contributed by atoms with Crippen LogP contribution in [-0.4, -0.2) is 49.8 Å². The van der Waals surface area contributed by atoms with Crippen LogP contribution in [0.4, 0.5) is 9.80 Å². The predicted octanol–water partition coefficient (Wildman–Crippen LogP) is 0.406. The minimum atomic E-state index is -1.17. The lowest BCUT2D eigenvalue weighted by Crippen LogP contribution is -2.37. The van der Waals surface area contributed by atoms with Crippen molar-refractivity contribution >= 4 is 34.2 Å². The van der Waals surface area contributed by atoms with Gasteiger partial charge in [-0.3, -0.25) is 10.1 Å². The Hall–Kier alpha value is -2.61. The molecule has 26 heavy (non-hydrogen) atoms. The average Bonchev–Trinajstić information content (AvgIpc) is 2.98. The summed E-state index contributed by atoms with van der Waals surface area (Å²) in [6, 6.07) is -0.814. The van der Waals surface area contributed by atoms with E-state index in [9.17, 15) is 14.4 Å². The Morgan fingerprint density at radius 1 is 1.46 bits per heavy atom. The molecule has 0 aliphatic carbocycles. The van der Waals surface area contributed by atoms with E-state index in [1.54, 1.807) is 0 Å². The number of anilines is 1. The lowest BCUT2D eigenvalue weighted by atomic mass is 9.99. The molecule has 1 fully saturated rings. The summed E-state index contributed by atoms with van der Waals surface area (Å²) in [6.07, 6.45) is 2.04. The summed E-state index contributed by atoms with van der Waals surface area (Å²) in [7, 11) is 1.49. The van der Waals surface area contributed by atoms with Gasteiger partial charge in [-0.15, -0.1) is 11.3 Å². The first-order valence-electron chi connectivity index (χ1n) is 7.75. The molecule has 1 aliphatic heterocycles. The molecule has 2 heterocycles. The second kappa shape index (κ2) is 11.1. The molecule has 0 saturated carbocycles. The van der Waals surface area contributed by atoms with E-state index in [2.05, 4.69) is 22.5 Å². The Morgan fingerprint density at radius 2 is 2.19 bits per heavy atom. The fourth-order valence-electron chi connectivity index (χ4n) is 2.16. The lowest BCUT2D eigenvalue weighted by molar-refractivity contribution is -0.122. The normalized spacial score (nSPS) is 15.7. The van der Waals surface area contributed by atoms with Gasteiger partial charge in [0.25, 0.3) is 0 Å². The summed E-state index contributed by atoms with van der Waals surface area (Å²) < 4.78 is 4.73. The van der Waals surface area contributed by atoms with Gasteiger partial charge in [0.1, 0.15) is 17.2 Å². The van der Waals surface area contributed by atoms with Gasteiger partial charge >= 0.3 is 12.0 Å². The highest BCUT2D eigenvalue weighted by Gasteiger charge is 2.18. The SMILES string of the molecule is COCC#Cc1csc(NC(N)=O)c1C(=O)O.NC(=O)[C@H]1CCCNC1. The van der Waals surface area contributed by atoms with Gasteiger partial charge in [0.2, 0.25) is 5.91 Å². The highest BCUT2D eigenvalue weighted by Crippen LogP contribution is 2.27. The largest absolute Gasteiger partial charge is 0.478 e. The van der Waals surface area contributed by atoms with E-state index in [-0.39, 0.29) is 29.0 Å². The van der Waals surface area contributed by atoms with Crippen LogP contribution in [0, 0.1) is 17.8 Å². The molecule has 1 saturated heterocycles. The van der Waals surface area contributed by atoms with Crippen LogP contribution in [0.25, 0.3) is 0 Å². The molecule has 0 aromatic carbocycles. The highest BCUT2D eigenvalue weighted by molar-refractivity contribution is 7.15. The maximum atomic E-state index is 11.0. The number of thiophene rings is 1. The van der Waals surface area contributed by atoms with Crippen molar-refractivity contribution in [2.75, 3.05) is 32.1 Å². The molecule has 9 nitrogen and oxygen atoms in total. The van der Waals surface area contributed by atoms with Crippen molar-refractivity contribution in [3.8, 4) is 11.8 Å². The Labute approximate surface area is 155 Å². The number of carbonyl (C=O) groups is 3. The summed E-state index contributed by atoms with van der Waals surface area (Å²) in [5.41, 5.74) is 10.3. The van der Waals surface area contributed by atoms with E-state index in [1.165, 1.54) is 12.5 Å². The monoisotopic (exact) mass is 382 g/mol. The summed E-state index contributed by atoms with van der Waals surface area (Å²) in [4.78, 5) is 32.3. The number of carboxylic acid groups (broad SMARTS) is 1. The molecule has 3 amide bonds.